The van der Waals surface area contributed by atoms with E-state index in [0.717, 1.165) is 18.0 Å². The molecule has 13 heteroatoms. The van der Waals surface area contributed by atoms with Gasteiger partial charge in [0.05, 0.1) is 22.9 Å². The molecule has 6 rings (SSSR count). The largest absolute Gasteiger partial charge is 0.586 e. The Morgan fingerprint density at radius 1 is 0.930 bits per heavy atom. The van der Waals surface area contributed by atoms with Crippen LogP contribution in [0.15, 0.2) is 64.0 Å². The van der Waals surface area contributed by atoms with Gasteiger partial charge in [0.25, 0.3) is 0 Å². The Morgan fingerprint density at radius 2 is 1.65 bits per heavy atom. The molecule has 0 atom stereocenters. The molecule has 9 nitrogen and oxygen atoms in total. The molecule has 1 aliphatic heterocycles. The molecule has 43 heavy (non-hydrogen) atoms. The molecule has 222 valence electrons. The summed E-state index contributed by atoms with van der Waals surface area (Å²) in [6, 6.07) is 11.8. The number of halogens is 3. The third-order valence-electron chi connectivity index (χ3n) is 6.96. The smallest absolute Gasteiger partial charge is 0.440 e. The highest BCUT2D eigenvalue weighted by Gasteiger charge is 2.43. The lowest BCUT2D eigenvalue weighted by molar-refractivity contribution is -0.286. The fourth-order valence-electron chi connectivity index (χ4n) is 5.13. The van der Waals surface area contributed by atoms with Gasteiger partial charge in [-0.2, -0.15) is 0 Å². The molecule has 0 unspecified atom stereocenters. The van der Waals surface area contributed by atoms with Crippen molar-refractivity contribution in [2.24, 2.45) is 0 Å². The quantitative estimate of drug-likeness (QED) is 0.243. The maximum absolute atomic E-state index is 15.1. The molecule has 0 saturated carbocycles. The van der Waals surface area contributed by atoms with Gasteiger partial charge in [-0.15, -0.1) is 8.78 Å². The summed E-state index contributed by atoms with van der Waals surface area (Å²) in [6.45, 7) is 4.49. The number of imidazole rings is 1. The number of alkyl halides is 2. The number of fused-ring (bicyclic) bond motifs is 1. The van der Waals surface area contributed by atoms with E-state index in [4.69, 9.17) is 4.42 Å². The van der Waals surface area contributed by atoms with Gasteiger partial charge in [-0.3, -0.25) is 0 Å². The van der Waals surface area contributed by atoms with Gasteiger partial charge >= 0.3 is 6.29 Å². The predicted molar refractivity (Wildman–Crippen MR) is 149 cm³/mol. The Hall–Kier alpha value is -4.62. The van der Waals surface area contributed by atoms with Gasteiger partial charge in [-0.1, -0.05) is 6.07 Å². The number of sulfone groups is 1. The fraction of sp³-hybridized carbons (Fsp3) is 0.200. The molecule has 0 aliphatic carbocycles. The summed E-state index contributed by atoms with van der Waals surface area (Å²) in [5, 5.41) is 9.64. The van der Waals surface area contributed by atoms with E-state index in [1.54, 1.807) is 31.2 Å². The highest BCUT2D eigenvalue weighted by Crippen LogP contribution is 2.45. The SMILES string of the molecule is Cc1cn(-c2ccc(-c3cc(F)c(CO)c(S(C)(=O)=O)c3)cc2-c2oc(C)nc2-c2ccc3c(c2)OC(F)(F)O3)c(C)n1. The van der Waals surface area contributed by atoms with Gasteiger partial charge in [0.15, 0.2) is 33.0 Å². The Bertz CT molecular complexity index is 2030. The number of aromatic nitrogens is 3. The number of benzene rings is 3. The maximum Gasteiger partial charge on any atom is 0.586 e. The Labute approximate surface area is 244 Å². The second-order valence-corrected chi connectivity index (χ2v) is 12.1. The molecule has 0 saturated heterocycles. The number of rotatable bonds is 6. The van der Waals surface area contributed by atoms with E-state index in [9.17, 15) is 22.3 Å². The molecule has 0 fully saturated rings. The average molecular weight is 612 g/mol. The van der Waals surface area contributed by atoms with Crippen LogP contribution >= 0.6 is 0 Å². The Morgan fingerprint density at radius 3 is 2.33 bits per heavy atom. The topological polar surface area (TPSA) is 117 Å². The molecule has 0 amide bonds. The number of aliphatic hydroxyl groups is 1. The molecule has 1 aliphatic rings. The monoisotopic (exact) mass is 611 g/mol. The van der Waals surface area contributed by atoms with E-state index in [0.29, 0.717) is 33.9 Å². The highest BCUT2D eigenvalue weighted by molar-refractivity contribution is 7.90. The minimum atomic E-state index is -3.88. The van der Waals surface area contributed by atoms with Crippen LogP contribution in [0, 0.1) is 26.6 Å². The number of ether oxygens (including phenoxy) is 2. The molecule has 3 heterocycles. The van der Waals surface area contributed by atoms with Crippen LogP contribution in [0.1, 0.15) is 23.0 Å². The number of hydrogen-bond acceptors (Lipinski definition) is 8. The van der Waals surface area contributed by atoms with Crippen LogP contribution in [0.3, 0.4) is 0 Å². The minimum Gasteiger partial charge on any atom is -0.440 e. The van der Waals surface area contributed by atoms with Gasteiger partial charge < -0.3 is 23.6 Å². The first-order chi connectivity index (χ1) is 20.2. The van der Waals surface area contributed by atoms with Crippen molar-refractivity contribution in [2.45, 2.75) is 38.6 Å². The summed E-state index contributed by atoms with van der Waals surface area (Å²) in [4.78, 5) is 8.68. The zero-order chi connectivity index (χ0) is 30.8. The molecular weight excluding hydrogens is 587 g/mol. The van der Waals surface area contributed by atoms with Crippen molar-refractivity contribution in [1.29, 1.82) is 0 Å². The van der Waals surface area contributed by atoms with E-state index < -0.39 is 28.6 Å². The van der Waals surface area contributed by atoms with Crippen LogP contribution in [0.2, 0.25) is 0 Å². The molecule has 0 bridgehead atoms. The summed E-state index contributed by atoms with van der Waals surface area (Å²) in [6.07, 6.45) is -1.04. The number of nitrogens with zero attached hydrogens (tertiary/aromatic N) is 3. The first-order valence-electron chi connectivity index (χ1n) is 12.9. The van der Waals surface area contributed by atoms with E-state index in [1.165, 1.54) is 18.2 Å². The Kier molecular flexibility index (Phi) is 6.62. The van der Waals surface area contributed by atoms with Crippen molar-refractivity contribution in [3.05, 3.63) is 83.5 Å². The van der Waals surface area contributed by atoms with E-state index in [-0.39, 0.29) is 39.2 Å². The molecular formula is C30H24F3N3O6S. The summed E-state index contributed by atoms with van der Waals surface area (Å²) in [5.41, 5.74) is 2.90. The molecule has 3 aromatic carbocycles. The standard InChI is InChI=1S/C30H24F3N3O6S/c1-15-13-36(16(2)34-15)24-7-5-18(20-10-23(31)22(14-37)27(12-20)43(4,38)39)9-21(24)29-28(35-17(3)40-29)19-6-8-25-26(11-19)42-30(32,33)41-25/h5-13,37H,14H2,1-4H3. The zero-order valence-electron chi connectivity index (χ0n) is 23.3. The van der Waals surface area contributed by atoms with Crippen LogP contribution in [0.25, 0.3) is 39.4 Å². The van der Waals surface area contributed by atoms with E-state index >= 15 is 4.39 Å². The van der Waals surface area contributed by atoms with Crippen molar-refractivity contribution < 1.29 is 40.6 Å². The normalized spacial score (nSPS) is 14.0. The van der Waals surface area contributed by atoms with Gasteiger partial charge in [-0.25, -0.2) is 22.8 Å². The molecule has 2 aromatic heterocycles. The van der Waals surface area contributed by atoms with Crippen LogP contribution < -0.4 is 9.47 Å². The predicted octanol–water partition coefficient (Wildman–Crippen LogP) is 6.14. The first kappa shape index (κ1) is 28.5. The lowest BCUT2D eigenvalue weighted by Gasteiger charge is -2.15. The summed E-state index contributed by atoms with van der Waals surface area (Å²) >= 11 is 0. The van der Waals surface area contributed by atoms with Crippen molar-refractivity contribution in [2.75, 3.05) is 6.26 Å². The van der Waals surface area contributed by atoms with Crippen LogP contribution in [0.4, 0.5) is 13.2 Å². The lowest BCUT2D eigenvalue weighted by Crippen LogP contribution is -2.25. The molecule has 0 radical (unpaired) electrons. The molecule has 1 N–H and O–H groups in total. The lowest BCUT2D eigenvalue weighted by atomic mass is 9.97. The van der Waals surface area contributed by atoms with Crippen molar-refractivity contribution in [1.82, 2.24) is 14.5 Å². The first-order valence-corrected chi connectivity index (χ1v) is 14.8. The van der Waals surface area contributed by atoms with E-state index in [1.807, 2.05) is 24.6 Å². The second kappa shape index (κ2) is 9.99. The zero-order valence-corrected chi connectivity index (χ0v) is 24.1. The van der Waals surface area contributed by atoms with Gasteiger partial charge in [0.1, 0.15) is 17.3 Å². The van der Waals surface area contributed by atoms with Crippen LogP contribution in [-0.2, 0) is 16.4 Å². The van der Waals surface area contributed by atoms with Crippen LogP contribution in [0.5, 0.6) is 11.5 Å². The van der Waals surface area contributed by atoms with Gasteiger partial charge in [0.2, 0.25) is 0 Å². The maximum atomic E-state index is 15.1. The summed E-state index contributed by atoms with van der Waals surface area (Å²) < 4.78 is 84.5. The average Bonchev–Trinajstić information content (AvgIpc) is 3.58. The van der Waals surface area contributed by atoms with E-state index in [2.05, 4.69) is 19.4 Å². The number of hydrogen-bond donors (Lipinski definition) is 1. The number of oxazole rings is 1. The van der Waals surface area contributed by atoms with Gasteiger partial charge in [0, 0.05) is 36.1 Å². The summed E-state index contributed by atoms with van der Waals surface area (Å²) in [5.74, 6) is 0.0320. The number of aliphatic hydroxyl groups excluding tert-OH is 1. The van der Waals surface area contributed by atoms with Crippen molar-refractivity contribution >= 4 is 9.84 Å². The number of aryl methyl sites for hydroxylation is 3. The van der Waals surface area contributed by atoms with Crippen LogP contribution in [-0.4, -0.2) is 40.6 Å². The highest BCUT2D eigenvalue weighted by atomic mass is 32.2. The second-order valence-electron chi connectivity index (χ2n) is 10.1. The van der Waals surface area contributed by atoms with Gasteiger partial charge in [-0.05, 0) is 67.4 Å². The fourth-order valence-corrected chi connectivity index (χ4v) is 6.08. The molecule has 0 spiro atoms. The third-order valence-corrected chi connectivity index (χ3v) is 8.12. The third kappa shape index (κ3) is 5.14. The summed E-state index contributed by atoms with van der Waals surface area (Å²) in [7, 11) is -3.88. The Balaban J connectivity index is 1.58. The van der Waals surface area contributed by atoms with Crippen molar-refractivity contribution in [3.63, 3.8) is 0 Å². The minimum absolute atomic E-state index is 0.127. The molecule has 5 aromatic rings. The van der Waals surface area contributed by atoms with Crippen molar-refractivity contribution in [3.8, 4) is 50.9 Å².